The number of hydrogen-bond donors (Lipinski definition) is 2. The molecule has 0 unspecified atom stereocenters. The molecule has 2 aromatic rings. The fraction of sp³-hybridized carbons (Fsp3) is 0.368. The normalized spacial score (nSPS) is 27.6. The molecule has 5 heteroatoms. The van der Waals surface area contributed by atoms with Gasteiger partial charge in [-0.1, -0.05) is 30.4 Å². The van der Waals surface area contributed by atoms with Gasteiger partial charge in [0.2, 0.25) is 5.91 Å². The minimum Gasteiger partial charge on any atom is -0.352 e. The van der Waals surface area contributed by atoms with E-state index in [-0.39, 0.29) is 17.9 Å². The molecular weight excluding hydrogens is 300 g/mol. The van der Waals surface area contributed by atoms with E-state index >= 15 is 0 Å². The molecule has 0 saturated heterocycles. The van der Waals surface area contributed by atoms with Gasteiger partial charge in [-0.3, -0.25) is 4.79 Å². The lowest BCUT2D eigenvalue weighted by atomic mass is 9.89. The number of carbonyl (C=O) groups excluding carboxylic acids is 1. The van der Waals surface area contributed by atoms with Gasteiger partial charge in [-0.25, -0.2) is 4.68 Å². The van der Waals surface area contributed by atoms with E-state index in [1.165, 1.54) is 0 Å². The van der Waals surface area contributed by atoms with Gasteiger partial charge < -0.3 is 11.1 Å². The Morgan fingerprint density at radius 2 is 2.12 bits per heavy atom. The number of nitrogens with two attached hydrogens (primary N) is 1. The Morgan fingerprint density at radius 3 is 2.88 bits per heavy atom. The third-order valence-electron chi connectivity index (χ3n) is 5.29. The molecule has 1 saturated carbocycles. The number of rotatable bonds is 4. The van der Waals surface area contributed by atoms with E-state index in [0.29, 0.717) is 18.4 Å². The molecular formula is C19H22N4O. The van der Waals surface area contributed by atoms with Crippen molar-refractivity contribution >= 4 is 5.91 Å². The van der Waals surface area contributed by atoms with E-state index in [9.17, 15) is 4.79 Å². The van der Waals surface area contributed by atoms with E-state index in [1.54, 1.807) is 6.20 Å². The summed E-state index contributed by atoms with van der Waals surface area (Å²) in [7, 11) is 0. The molecule has 1 fully saturated rings. The number of hydrogen-bond acceptors (Lipinski definition) is 3. The van der Waals surface area contributed by atoms with E-state index in [0.717, 1.165) is 23.2 Å². The van der Waals surface area contributed by atoms with Crippen LogP contribution in [0.2, 0.25) is 0 Å². The van der Waals surface area contributed by atoms with Crippen molar-refractivity contribution in [1.82, 2.24) is 15.1 Å². The topological polar surface area (TPSA) is 72.9 Å². The second-order valence-electron chi connectivity index (χ2n) is 6.85. The maximum Gasteiger partial charge on any atom is 0.225 e. The minimum atomic E-state index is -0.0913. The van der Waals surface area contributed by atoms with Crippen LogP contribution in [0.15, 0.2) is 48.8 Å². The first-order valence-electron chi connectivity index (χ1n) is 8.44. The highest BCUT2D eigenvalue weighted by molar-refractivity contribution is 5.81. The van der Waals surface area contributed by atoms with Gasteiger partial charge in [0.05, 0.1) is 17.8 Å². The zero-order valence-corrected chi connectivity index (χ0v) is 13.7. The Hall–Kier alpha value is -2.40. The average molecular weight is 322 g/mol. The fourth-order valence-corrected chi connectivity index (χ4v) is 3.94. The molecule has 3 N–H and O–H groups in total. The predicted molar refractivity (Wildman–Crippen MR) is 92.4 cm³/mol. The second kappa shape index (κ2) is 5.91. The first-order valence-corrected chi connectivity index (χ1v) is 8.44. The van der Waals surface area contributed by atoms with E-state index < -0.39 is 0 Å². The van der Waals surface area contributed by atoms with Crippen molar-refractivity contribution in [3.63, 3.8) is 0 Å². The van der Waals surface area contributed by atoms with Crippen LogP contribution in [0.25, 0.3) is 5.69 Å². The molecule has 4 rings (SSSR count). The number of aryl methyl sites for hydroxylation is 1. The van der Waals surface area contributed by atoms with Crippen molar-refractivity contribution < 1.29 is 4.79 Å². The molecule has 1 aromatic heterocycles. The van der Waals surface area contributed by atoms with Gasteiger partial charge >= 0.3 is 0 Å². The third kappa shape index (κ3) is 2.55. The van der Waals surface area contributed by atoms with Crippen LogP contribution < -0.4 is 11.1 Å². The number of allylic oxidation sites excluding steroid dienone is 1. The highest BCUT2D eigenvalue weighted by Gasteiger charge is 2.46. The number of nitrogens with one attached hydrogen (secondary N) is 1. The monoisotopic (exact) mass is 322 g/mol. The van der Waals surface area contributed by atoms with Gasteiger partial charge in [-0.15, -0.1) is 0 Å². The van der Waals surface area contributed by atoms with Gasteiger partial charge in [0, 0.05) is 24.3 Å². The summed E-state index contributed by atoms with van der Waals surface area (Å²) in [6, 6.07) is 8.05. The number of benzene rings is 1. The van der Waals surface area contributed by atoms with Crippen molar-refractivity contribution in [2.45, 2.75) is 25.9 Å². The third-order valence-corrected chi connectivity index (χ3v) is 5.29. The first kappa shape index (κ1) is 15.1. The smallest absolute Gasteiger partial charge is 0.225 e. The standard InChI is InChI=1S/C19H22N4O/c1-12-4-2-3-5-16(12)23-11-13(10-22-23)9-21-19(24)17-14-6-7-15(8-14)18(17)20/h2-7,10-11,14-15,17-18H,8-9,20H2,1H3,(H,21,24)/t14-,15+,17-,18+/m1/s1. The molecule has 24 heavy (non-hydrogen) atoms. The number of para-hydroxylation sites is 1. The maximum absolute atomic E-state index is 12.5. The number of aromatic nitrogens is 2. The number of fused-ring (bicyclic) bond motifs is 2. The van der Waals surface area contributed by atoms with Crippen molar-refractivity contribution in [2.24, 2.45) is 23.5 Å². The van der Waals surface area contributed by atoms with Gasteiger partial charge in [0.1, 0.15) is 0 Å². The molecule has 0 radical (unpaired) electrons. The predicted octanol–water partition coefficient (Wildman–Crippen LogP) is 1.95. The molecule has 5 nitrogen and oxygen atoms in total. The lowest BCUT2D eigenvalue weighted by Crippen LogP contribution is -2.43. The van der Waals surface area contributed by atoms with Crippen LogP contribution in [-0.4, -0.2) is 21.7 Å². The molecule has 124 valence electrons. The summed E-state index contributed by atoms with van der Waals surface area (Å²) in [4.78, 5) is 12.5. The lowest BCUT2D eigenvalue weighted by molar-refractivity contribution is -0.126. The fourth-order valence-electron chi connectivity index (χ4n) is 3.94. The Labute approximate surface area is 141 Å². The molecule has 1 aromatic carbocycles. The van der Waals surface area contributed by atoms with E-state index in [4.69, 9.17) is 5.73 Å². The quantitative estimate of drug-likeness (QED) is 0.845. The highest BCUT2D eigenvalue weighted by Crippen LogP contribution is 2.42. The first-order chi connectivity index (χ1) is 11.6. The van der Waals surface area contributed by atoms with Crippen LogP contribution in [0.1, 0.15) is 17.5 Å². The number of carbonyl (C=O) groups is 1. The average Bonchev–Trinajstić information content (AvgIpc) is 3.29. The van der Waals surface area contributed by atoms with Crippen molar-refractivity contribution in [1.29, 1.82) is 0 Å². The van der Waals surface area contributed by atoms with Crippen LogP contribution in [0.4, 0.5) is 0 Å². The molecule has 1 amide bonds. The van der Waals surface area contributed by atoms with Crippen LogP contribution >= 0.6 is 0 Å². The van der Waals surface area contributed by atoms with Crippen molar-refractivity contribution in [3.8, 4) is 5.69 Å². The van der Waals surface area contributed by atoms with Crippen LogP contribution in [0, 0.1) is 24.7 Å². The summed E-state index contributed by atoms with van der Waals surface area (Å²) in [5.41, 5.74) is 9.40. The molecule has 0 spiro atoms. The van der Waals surface area contributed by atoms with Gasteiger partial charge in [-0.05, 0) is 36.8 Å². The second-order valence-corrected chi connectivity index (χ2v) is 6.85. The molecule has 1 heterocycles. The van der Waals surface area contributed by atoms with Crippen LogP contribution in [0.3, 0.4) is 0 Å². The maximum atomic E-state index is 12.5. The summed E-state index contributed by atoms with van der Waals surface area (Å²) >= 11 is 0. The molecule has 2 aliphatic carbocycles. The number of nitrogens with zero attached hydrogens (tertiary/aromatic N) is 2. The summed E-state index contributed by atoms with van der Waals surface area (Å²) in [5.74, 6) is 0.642. The largest absolute Gasteiger partial charge is 0.352 e. The molecule has 2 aliphatic rings. The summed E-state index contributed by atoms with van der Waals surface area (Å²) in [6.07, 6.45) is 9.08. The van der Waals surface area contributed by atoms with Crippen molar-refractivity contribution in [3.05, 3.63) is 59.9 Å². The van der Waals surface area contributed by atoms with Crippen LogP contribution in [-0.2, 0) is 11.3 Å². The Morgan fingerprint density at radius 1 is 1.33 bits per heavy atom. The Kier molecular flexibility index (Phi) is 3.73. The zero-order valence-electron chi connectivity index (χ0n) is 13.7. The van der Waals surface area contributed by atoms with Gasteiger partial charge in [0.25, 0.3) is 0 Å². The highest BCUT2D eigenvalue weighted by atomic mass is 16.1. The van der Waals surface area contributed by atoms with E-state index in [2.05, 4.69) is 35.6 Å². The van der Waals surface area contributed by atoms with E-state index in [1.807, 2.05) is 29.1 Å². The van der Waals surface area contributed by atoms with Gasteiger partial charge in [0.15, 0.2) is 0 Å². The zero-order chi connectivity index (χ0) is 16.7. The minimum absolute atomic E-state index is 0.0466. The van der Waals surface area contributed by atoms with Crippen LogP contribution in [0.5, 0.6) is 0 Å². The summed E-state index contributed by atoms with van der Waals surface area (Å²) in [6.45, 7) is 2.54. The molecule has 2 bridgehead atoms. The Balaban J connectivity index is 1.41. The molecule has 4 atom stereocenters. The SMILES string of the molecule is Cc1ccccc1-n1cc(CNC(=O)[C@H]2[C@@H](N)[C@H]3C=C[C@@H]2C3)cn1. The van der Waals surface area contributed by atoms with Crippen molar-refractivity contribution in [2.75, 3.05) is 0 Å². The number of amides is 1. The van der Waals surface area contributed by atoms with Gasteiger partial charge in [-0.2, -0.15) is 5.10 Å². The molecule has 0 aliphatic heterocycles. The lowest BCUT2D eigenvalue weighted by Gasteiger charge is -2.23. The Bertz CT molecular complexity index is 794. The summed E-state index contributed by atoms with van der Waals surface area (Å²) in [5, 5.41) is 7.43. The summed E-state index contributed by atoms with van der Waals surface area (Å²) < 4.78 is 1.85.